The number of anilines is 2. The minimum atomic E-state index is -0.213. The number of fused-ring (bicyclic) bond motifs is 1. The number of ketones is 1. The van der Waals surface area contributed by atoms with Crippen LogP contribution in [0, 0.1) is 0 Å². The molecule has 0 aromatic heterocycles. The minimum Gasteiger partial charge on any atom is -0.482 e. The molecule has 24 heavy (non-hydrogen) atoms. The number of nitrogens with one attached hydrogen (secondary N) is 2. The lowest BCUT2D eigenvalue weighted by atomic mass is 10.1. The lowest BCUT2D eigenvalue weighted by molar-refractivity contribution is -0.118. The van der Waals surface area contributed by atoms with Crippen molar-refractivity contribution in [1.29, 1.82) is 0 Å². The second kappa shape index (κ2) is 6.54. The van der Waals surface area contributed by atoms with Crippen LogP contribution in [-0.4, -0.2) is 24.2 Å². The lowest BCUT2D eigenvalue weighted by Crippen LogP contribution is -2.25. The summed E-state index contributed by atoms with van der Waals surface area (Å²) in [5, 5.41) is 5.49. The van der Waals surface area contributed by atoms with Crippen molar-refractivity contribution >= 4 is 29.0 Å². The Kier molecular flexibility index (Phi) is 4.29. The normalized spacial score (nSPS) is 12.6. The van der Waals surface area contributed by atoms with Crippen LogP contribution in [0.2, 0.25) is 0 Å². The molecule has 2 aromatic rings. The molecule has 2 N–H and O–H groups in total. The second-order valence-corrected chi connectivity index (χ2v) is 5.53. The summed E-state index contributed by atoms with van der Waals surface area (Å²) >= 11 is 0. The molecule has 2 amide bonds. The Labute approximate surface area is 138 Å². The third-order valence-corrected chi connectivity index (χ3v) is 3.62. The number of hydrogen-bond acceptors (Lipinski definition) is 4. The van der Waals surface area contributed by atoms with Gasteiger partial charge in [0.2, 0.25) is 5.91 Å². The Balaban J connectivity index is 1.65. The van der Waals surface area contributed by atoms with Gasteiger partial charge in [-0.3, -0.25) is 14.4 Å². The Morgan fingerprint density at radius 1 is 1.17 bits per heavy atom. The number of carbonyl (C=O) groups is 3. The Morgan fingerprint density at radius 2 is 1.92 bits per heavy atom. The number of hydrogen-bond donors (Lipinski definition) is 2. The highest BCUT2D eigenvalue weighted by atomic mass is 16.5. The highest BCUT2D eigenvalue weighted by Crippen LogP contribution is 2.28. The van der Waals surface area contributed by atoms with Crippen LogP contribution < -0.4 is 15.4 Å². The summed E-state index contributed by atoms with van der Waals surface area (Å²) in [5.74, 6) is 0.174. The van der Waals surface area contributed by atoms with Crippen LogP contribution in [0.4, 0.5) is 11.4 Å². The largest absolute Gasteiger partial charge is 0.482 e. The van der Waals surface area contributed by atoms with Crippen molar-refractivity contribution in [3.8, 4) is 5.75 Å². The van der Waals surface area contributed by atoms with Gasteiger partial charge in [0.1, 0.15) is 5.75 Å². The zero-order valence-corrected chi connectivity index (χ0v) is 13.1. The Hall–Kier alpha value is -3.15. The van der Waals surface area contributed by atoms with Gasteiger partial charge in [-0.05, 0) is 48.9 Å². The molecule has 122 valence electrons. The van der Waals surface area contributed by atoms with E-state index in [0.717, 1.165) is 5.56 Å². The zero-order valence-electron chi connectivity index (χ0n) is 13.1. The third kappa shape index (κ3) is 3.60. The van der Waals surface area contributed by atoms with Crippen LogP contribution in [0.1, 0.15) is 22.8 Å². The van der Waals surface area contributed by atoms with E-state index in [0.29, 0.717) is 22.7 Å². The number of amides is 2. The van der Waals surface area contributed by atoms with Gasteiger partial charge < -0.3 is 15.4 Å². The summed E-state index contributed by atoms with van der Waals surface area (Å²) < 4.78 is 5.28. The van der Waals surface area contributed by atoms with E-state index in [1.165, 1.54) is 6.92 Å². The number of ether oxygens (including phenoxy) is 1. The summed E-state index contributed by atoms with van der Waals surface area (Å²) in [6.45, 7) is 1.50. The Morgan fingerprint density at radius 3 is 2.62 bits per heavy atom. The molecule has 0 bridgehead atoms. The maximum atomic E-state index is 12.1. The molecule has 0 aliphatic carbocycles. The smallest absolute Gasteiger partial charge is 0.262 e. The van der Waals surface area contributed by atoms with E-state index in [9.17, 15) is 14.4 Å². The standard InChI is InChI=1S/C18H16N2O4/c1-11(21)13-3-5-14(6-4-13)19-17(22)9-12-2-7-16-15(8-12)20-18(23)10-24-16/h2-8H,9-10H2,1H3,(H,19,22)(H,20,23). The first-order chi connectivity index (χ1) is 11.5. The maximum Gasteiger partial charge on any atom is 0.262 e. The molecular formula is C18H16N2O4. The molecule has 0 atom stereocenters. The lowest BCUT2D eigenvalue weighted by Gasteiger charge is -2.18. The molecule has 0 spiro atoms. The average molecular weight is 324 g/mol. The molecule has 3 rings (SSSR count). The van der Waals surface area contributed by atoms with E-state index in [-0.39, 0.29) is 30.6 Å². The average Bonchev–Trinajstić information content (AvgIpc) is 2.54. The van der Waals surface area contributed by atoms with Crippen molar-refractivity contribution in [2.24, 2.45) is 0 Å². The predicted molar refractivity (Wildman–Crippen MR) is 89.3 cm³/mol. The van der Waals surface area contributed by atoms with Crippen LogP contribution in [-0.2, 0) is 16.0 Å². The zero-order chi connectivity index (χ0) is 17.1. The van der Waals surface area contributed by atoms with E-state index in [2.05, 4.69) is 10.6 Å². The number of rotatable bonds is 4. The van der Waals surface area contributed by atoms with Crippen LogP contribution in [0.25, 0.3) is 0 Å². The van der Waals surface area contributed by atoms with Gasteiger partial charge in [0.15, 0.2) is 12.4 Å². The van der Waals surface area contributed by atoms with Gasteiger partial charge in [0, 0.05) is 11.3 Å². The fraction of sp³-hybridized carbons (Fsp3) is 0.167. The van der Waals surface area contributed by atoms with Crippen molar-refractivity contribution in [2.45, 2.75) is 13.3 Å². The SMILES string of the molecule is CC(=O)c1ccc(NC(=O)Cc2ccc3c(c2)NC(=O)CO3)cc1. The van der Waals surface area contributed by atoms with E-state index in [1.54, 1.807) is 42.5 Å². The van der Waals surface area contributed by atoms with Gasteiger partial charge >= 0.3 is 0 Å². The molecule has 0 radical (unpaired) electrons. The van der Waals surface area contributed by atoms with Gasteiger partial charge in [0.05, 0.1) is 12.1 Å². The van der Waals surface area contributed by atoms with Crippen LogP contribution in [0.5, 0.6) is 5.75 Å². The first-order valence-corrected chi connectivity index (χ1v) is 7.48. The van der Waals surface area contributed by atoms with Crippen LogP contribution in [0.15, 0.2) is 42.5 Å². The second-order valence-electron chi connectivity index (χ2n) is 5.53. The van der Waals surface area contributed by atoms with Gasteiger partial charge in [-0.15, -0.1) is 0 Å². The van der Waals surface area contributed by atoms with Crippen LogP contribution >= 0.6 is 0 Å². The quantitative estimate of drug-likeness (QED) is 0.846. The fourth-order valence-electron chi connectivity index (χ4n) is 2.42. The van der Waals surface area contributed by atoms with Gasteiger partial charge in [-0.1, -0.05) is 6.07 Å². The van der Waals surface area contributed by atoms with Crippen molar-refractivity contribution in [1.82, 2.24) is 0 Å². The monoisotopic (exact) mass is 324 g/mol. The molecule has 2 aromatic carbocycles. The molecular weight excluding hydrogens is 308 g/mol. The van der Waals surface area contributed by atoms with E-state index >= 15 is 0 Å². The minimum absolute atomic E-state index is 0.00307. The number of Topliss-reactive ketones (excluding diaryl/α,β-unsaturated/α-hetero) is 1. The van der Waals surface area contributed by atoms with E-state index in [4.69, 9.17) is 4.74 Å². The first kappa shape index (κ1) is 15.7. The van der Waals surface area contributed by atoms with Crippen molar-refractivity contribution < 1.29 is 19.1 Å². The summed E-state index contributed by atoms with van der Waals surface area (Å²) in [6, 6.07) is 12.0. The van der Waals surface area contributed by atoms with Gasteiger partial charge in [-0.2, -0.15) is 0 Å². The topological polar surface area (TPSA) is 84.5 Å². The fourth-order valence-corrected chi connectivity index (χ4v) is 2.42. The number of benzene rings is 2. The van der Waals surface area contributed by atoms with Crippen molar-refractivity contribution in [3.63, 3.8) is 0 Å². The van der Waals surface area contributed by atoms with Gasteiger partial charge in [0.25, 0.3) is 5.91 Å². The van der Waals surface area contributed by atoms with E-state index in [1.807, 2.05) is 0 Å². The summed E-state index contributed by atoms with van der Waals surface area (Å²) in [6.07, 6.45) is 0.164. The summed E-state index contributed by atoms with van der Waals surface area (Å²) in [7, 11) is 0. The number of carbonyl (C=O) groups excluding carboxylic acids is 3. The molecule has 0 saturated carbocycles. The molecule has 1 aliphatic heterocycles. The molecule has 0 saturated heterocycles. The van der Waals surface area contributed by atoms with Crippen molar-refractivity contribution in [3.05, 3.63) is 53.6 Å². The third-order valence-electron chi connectivity index (χ3n) is 3.62. The highest BCUT2D eigenvalue weighted by Gasteiger charge is 2.16. The predicted octanol–water partition coefficient (Wildman–Crippen LogP) is 2.40. The molecule has 6 heteroatoms. The molecule has 0 unspecified atom stereocenters. The molecule has 1 heterocycles. The maximum absolute atomic E-state index is 12.1. The molecule has 1 aliphatic rings. The van der Waals surface area contributed by atoms with Crippen LogP contribution in [0.3, 0.4) is 0 Å². The first-order valence-electron chi connectivity index (χ1n) is 7.48. The van der Waals surface area contributed by atoms with E-state index < -0.39 is 0 Å². The summed E-state index contributed by atoms with van der Waals surface area (Å²) in [4.78, 5) is 34.7. The Bertz CT molecular complexity index is 812. The summed E-state index contributed by atoms with van der Waals surface area (Å²) in [5.41, 5.74) is 2.55. The molecule has 6 nitrogen and oxygen atoms in total. The molecule has 0 fully saturated rings. The van der Waals surface area contributed by atoms with Gasteiger partial charge in [-0.25, -0.2) is 0 Å². The highest BCUT2D eigenvalue weighted by molar-refractivity contribution is 5.97. The van der Waals surface area contributed by atoms with Crippen molar-refractivity contribution in [2.75, 3.05) is 17.2 Å².